The molecule has 0 aliphatic heterocycles. The Kier molecular flexibility index (Phi) is 4.98. The van der Waals surface area contributed by atoms with E-state index in [1.807, 2.05) is 13.8 Å². The Morgan fingerprint density at radius 2 is 1.64 bits per heavy atom. The first-order valence-electron chi connectivity index (χ1n) is 3.85. The van der Waals surface area contributed by atoms with Gasteiger partial charge in [0.25, 0.3) is 0 Å². The smallest absolute Gasteiger partial charge is 0.216 e. The highest BCUT2D eigenvalue weighted by molar-refractivity contribution is 7.45. The van der Waals surface area contributed by atoms with Crippen molar-refractivity contribution in [1.82, 2.24) is 0 Å². The van der Waals surface area contributed by atoms with Crippen LogP contribution in [0.15, 0.2) is 0 Å². The zero-order valence-corrected chi connectivity index (χ0v) is 8.64. The molecule has 0 saturated heterocycles. The first-order chi connectivity index (χ1) is 5.06. The fourth-order valence-corrected chi connectivity index (χ4v) is 1.49. The van der Waals surface area contributed by atoms with Gasteiger partial charge in [-0.1, -0.05) is 0 Å². The average Bonchev–Trinajstić information content (AvgIpc) is 1.88. The number of ether oxygens (including phenoxy) is 2. The van der Waals surface area contributed by atoms with Crippen LogP contribution in [0.2, 0.25) is 0 Å². The van der Waals surface area contributed by atoms with Crippen LogP contribution in [0.1, 0.15) is 20.8 Å². The van der Waals surface area contributed by atoms with Gasteiger partial charge in [-0.15, -0.1) is 0 Å². The van der Waals surface area contributed by atoms with Crippen LogP contribution in [0.3, 0.4) is 0 Å². The van der Waals surface area contributed by atoms with E-state index in [0.29, 0.717) is 13.2 Å². The van der Waals surface area contributed by atoms with Crippen molar-refractivity contribution in [3.8, 4) is 0 Å². The summed E-state index contributed by atoms with van der Waals surface area (Å²) in [6, 6.07) is 0. The Morgan fingerprint density at radius 1 is 1.27 bits per heavy atom. The third-order valence-electron chi connectivity index (χ3n) is 1.48. The summed E-state index contributed by atoms with van der Waals surface area (Å²) in [6.45, 7) is 8.16. The van der Waals surface area contributed by atoms with E-state index >= 15 is 0 Å². The van der Waals surface area contributed by atoms with Gasteiger partial charge >= 0.3 is 0 Å². The minimum atomic E-state index is -1.79. The normalized spacial score (nSPS) is 14.9. The quantitative estimate of drug-likeness (QED) is 0.479. The minimum absolute atomic E-state index is 0.529. The van der Waals surface area contributed by atoms with E-state index in [9.17, 15) is 4.57 Å². The van der Waals surface area contributed by atoms with Gasteiger partial charge in [0.15, 0.2) is 0 Å². The molecule has 3 nitrogen and oxygen atoms in total. The molecule has 0 aromatic heterocycles. The first-order valence-corrected chi connectivity index (χ1v) is 5.76. The van der Waals surface area contributed by atoms with Crippen molar-refractivity contribution in [2.45, 2.75) is 26.3 Å². The van der Waals surface area contributed by atoms with Crippen molar-refractivity contribution in [3.05, 3.63) is 0 Å². The second-order valence-corrected chi connectivity index (χ2v) is 4.39. The number of hydrogen-bond acceptors (Lipinski definition) is 3. The van der Waals surface area contributed by atoms with Crippen molar-refractivity contribution in [2.24, 2.45) is 0 Å². The molecule has 1 unspecified atom stereocenters. The van der Waals surface area contributed by atoms with Crippen LogP contribution in [0.4, 0.5) is 0 Å². The lowest BCUT2D eigenvalue weighted by Crippen LogP contribution is -2.28. The Hall–Kier alpha value is 0.150. The summed E-state index contributed by atoms with van der Waals surface area (Å²) in [7, 11) is -1.79. The van der Waals surface area contributed by atoms with Gasteiger partial charge in [0.2, 0.25) is 5.53 Å². The molecule has 0 aliphatic carbocycles. The SMILES string of the molecule is CCOC(C)(OCC)[PH](C)=O. The van der Waals surface area contributed by atoms with Gasteiger partial charge in [0.1, 0.15) is 7.80 Å². The molecule has 0 aromatic rings. The van der Waals surface area contributed by atoms with E-state index in [1.54, 1.807) is 13.6 Å². The van der Waals surface area contributed by atoms with Crippen LogP contribution in [-0.4, -0.2) is 25.4 Å². The van der Waals surface area contributed by atoms with Crippen molar-refractivity contribution in [3.63, 3.8) is 0 Å². The van der Waals surface area contributed by atoms with E-state index in [1.165, 1.54) is 0 Å². The second kappa shape index (κ2) is 4.91. The largest absolute Gasteiger partial charge is 0.344 e. The fourth-order valence-electron chi connectivity index (χ4n) is 0.796. The molecule has 11 heavy (non-hydrogen) atoms. The van der Waals surface area contributed by atoms with Gasteiger partial charge < -0.3 is 14.0 Å². The summed E-state index contributed by atoms with van der Waals surface area (Å²) >= 11 is 0. The average molecular weight is 180 g/mol. The molecule has 0 amide bonds. The maximum Gasteiger partial charge on any atom is 0.216 e. The topological polar surface area (TPSA) is 35.5 Å². The van der Waals surface area contributed by atoms with Gasteiger partial charge in [-0.3, -0.25) is 0 Å². The third kappa shape index (κ3) is 3.37. The van der Waals surface area contributed by atoms with Crippen molar-refractivity contribution < 1.29 is 14.0 Å². The summed E-state index contributed by atoms with van der Waals surface area (Å²) in [5, 5.41) is 0. The van der Waals surface area contributed by atoms with Crippen LogP contribution >= 0.6 is 7.80 Å². The van der Waals surface area contributed by atoms with Crippen LogP contribution < -0.4 is 0 Å². The summed E-state index contributed by atoms with van der Waals surface area (Å²) in [4.78, 5) is 0. The van der Waals surface area contributed by atoms with Crippen LogP contribution in [0.5, 0.6) is 0 Å². The zero-order chi connectivity index (χ0) is 8.91. The molecule has 0 heterocycles. The standard InChI is InChI=1S/C7H17O3P/c1-5-9-7(3,10-6-2)11(4)8/h11H,5-6H2,1-4H3. The lowest BCUT2D eigenvalue weighted by Gasteiger charge is -2.26. The molecule has 0 bridgehead atoms. The third-order valence-corrected chi connectivity index (χ3v) is 3.05. The highest BCUT2D eigenvalue weighted by Gasteiger charge is 2.28. The van der Waals surface area contributed by atoms with Crippen molar-refractivity contribution in [1.29, 1.82) is 0 Å². The molecular weight excluding hydrogens is 163 g/mol. The number of hydrogen-bond donors (Lipinski definition) is 0. The van der Waals surface area contributed by atoms with Crippen LogP contribution in [0.25, 0.3) is 0 Å². The molecule has 4 heteroatoms. The molecule has 0 saturated carbocycles. The second-order valence-electron chi connectivity index (χ2n) is 2.37. The first kappa shape index (κ1) is 11.2. The molecule has 0 fully saturated rings. The van der Waals surface area contributed by atoms with Gasteiger partial charge in [-0.2, -0.15) is 0 Å². The Bertz CT molecular complexity index is 130. The molecule has 1 atom stereocenters. The van der Waals surface area contributed by atoms with Crippen molar-refractivity contribution in [2.75, 3.05) is 19.9 Å². The van der Waals surface area contributed by atoms with Gasteiger partial charge in [-0.25, -0.2) is 0 Å². The summed E-state index contributed by atoms with van der Waals surface area (Å²) < 4.78 is 21.7. The van der Waals surface area contributed by atoms with E-state index in [4.69, 9.17) is 9.47 Å². The van der Waals surface area contributed by atoms with Crippen LogP contribution in [0, 0.1) is 0 Å². The molecule has 0 N–H and O–H groups in total. The van der Waals surface area contributed by atoms with E-state index < -0.39 is 13.3 Å². The Labute approximate surface area is 68.9 Å². The highest BCUT2D eigenvalue weighted by Crippen LogP contribution is 2.37. The highest BCUT2D eigenvalue weighted by atomic mass is 31.1. The van der Waals surface area contributed by atoms with Gasteiger partial charge in [-0.05, 0) is 27.4 Å². The van der Waals surface area contributed by atoms with E-state index in [0.717, 1.165) is 0 Å². The maximum absolute atomic E-state index is 11.2. The van der Waals surface area contributed by atoms with Gasteiger partial charge in [0.05, 0.1) is 0 Å². The molecular formula is C7H17O3P. The molecule has 0 radical (unpaired) electrons. The van der Waals surface area contributed by atoms with E-state index in [-0.39, 0.29) is 0 Å². The minimum Gasteiger partial charge on any atom is -0.344 e. The van der Waals surface area contributed by atoms with E-state index in [2.05, 4.69) is 0 Å². The lowest BCUT2D eigenvalue weighted by atomic mass is 10.7. The molecule has 0 rings (SSSR count). The maximum atomic E-state index is 11.2. The van der Waals surface area contributed by atoms with Crippen molar-refractivity contribution >= 4 is 7.80 Å². The predicted molar refractivity (Wildman–Crippen MR) is 46.6 cm³/mol. The van der Waals surface area contributed by atoms with Crippen LogP contribution in [-0.2, 0) is 14.0 Å². The summed E-state index contributed by atoms with van der Waals surface area (Å²) in [5.74, 6) is 0. The predicted octanol–water partition coefficient (Wildman–Crippen LogP) is 1.92. The number of rotatable bonds is 5. The summed E-state index contributed by atoms with van der Waals surface area (Å²) in [6.07, 6.45) is 0. The summed E-state index contributed by atoms with van der Waals surface area (Å²) in [5.41, 5.74) is -0.853. The van der Waals surface area contributed by atoms with Gasteiger partial charge in [0, 0.05) is 13.2 Å². The monoisotopic (exact) mass is 180 g/mol. The lowest BCUT2D eigenvalue weighted by molar-refractivity contribution is -0.158. The molecule has 0 spiro atoms. The fraction of sp³-hybridized carbons (Fsp3) is 1.00. The molecule has 0 aliphatic rings. The molecule has 68 valence electrons. The Balaban J connectivity index is 4.13. The zero-order valence-electron chi connectivity index (χ0n) is 7.64. The molecule has 0 aromatic carbocycles. The Morgan fingerprint density at radius 3 is 1.82 bits per heavy atom.